The molecule has 104 valence electrons. The molecule has 0 saturated carbocycles. The second-order valence-corrected chi connectivity index (χ2v) is 4.52. The van der Waals surface area contributed by atoms with E-state index in [1.807, 2.05) is 0 Å². The van der Waals surface area contributed by atoms with Crippen LogP contribution in [0.15, 0.2) is 42.5 Å². The Bertz CT molecular complexity index is 630. The SMILES string of the molecule is OC(c1cc(F)ccc1F)C1COc2ccccc2O1. The minimum absolute atomic E-state index is 0.0636. The average molecular weight is 278 g/mol. The lowest BCUT2D eigenvalue weighted by Gasteiger charge is -2.29. The Morgan fingerprint density at radius 2 is 1.85 bits per heavy atom. The van der Waals surface area contributed by atoms with E-state index in [0.29, 0.717) is 11.5 Å². The second kappa shape index (κ2) is 5.09. The van der Waals surface area contributed by atoms with Crippen LogP contribution >= 0.6 is 0 Å². The zero-order valence-electron chi connectivity index (χ0n) is 10.4. The number of aliphatic hydroxyl groups excluding tert-OH is 1. The first kappa shape index (κ1) is 12.9. The van der Waals surface area contributed by atoms with Crippen molar-refractivity contribution in [3.8, 4) is 11.5 Å². The predicted molar refractivity (Wildman–Crippen MR) is 67.7 cm³/mol. The number of para-hydroxylation sites is 2. The molecule has 2 aromatic carbocycles. The van der Waals surface area contributed by atoms with Crippen molar-refractivity contribution in [3.05, 3.63) is 59.7 Å². The maximum Gasteiger partial charge on any atom is 0.163 e. The van der Waals surface area contributed by atoms with Gasteiger partial charge in [-0.2, -0.15) is 0 Å². The number of fused-ring (bicyclic) bond motifs is 1. The highest BCUT2D eigenvalue weighted by atomic mass is 19.1. The molecule has 2 unspecified atom stereocenters. The molecule has 1 N–H and O–H groups in total. The maximum atomic E-state index is 13.6. The summed E-state index contributed by atoms with van der Waals surface area (Å²) in [6.45, 7) is 0.0636. The van der Waals surface area contributed by atoms with Gasteiger partial charge in [-0.05, 0) is 30.3 Å². The van der Waals surface area contributed by atoms with Gasteiger partial charge in [0, 0.05) is 5.56 Å². The third-order valence-electron chi connectivity index (χ3n) is 3.16. The van der Waals surface area contributed by atoms with Gasteiger partial charge in [0.05, 0.1) is 0 Å². The monoisotopic (exact) mass is 278 g/mol. The lowest BCUT2D eigenvalue weighted by Crippen LogP contribution is -2.35. The Balaban J connectivity index is 1.85. The Morgan fingerprint density at radius 1 is 1.10 bits per heavy atom. The molecule has 3 nitrogen and oxygen atoms in total. The highest BCUT2D eigenvalue weighted by Gasteiger charge is 2.30. The standard InChI is InChI=1S/C15H12F2O3/c16-9-5-6-11(17)10(7-9)15(18)14-8-19-12-3-1-2-4-13(12)20-14/h1-7,14-15,18H,8H2. The van der Waals surface area contributed by atoms with Gasteiger partial charge in [0.15, 0.2) is 17.6 Å². The Labute approximate surface area is 114 Å². The number of hydrogen-bond acceptors (Lipinski definition) is 3. The van der Waals surface area contributed by atoms with Crippen molar-refractivity contribution in [2.45, 2.75) is 12.2 Å². The summed E-state index contributed by atoms with van der Waals surface area (Å²) in [6.07, 6.45) is -2.10. The molecule has 5 heteroatoms. The first-order valence-corrected chi connectivity index (χ1v) is 6.16. The highest BCUT2D eigenvalue weighted by molar-refractivity contribution is 5.41. The molecular weight excluding hydrogens is 266 g/mol. The van der Waals surface area contributed by atoms with E-state index in [4.69, 9.17) is 9.47 Å². The molecule has 0 aromatic heterocycles. The molecule has 0 radical (unpaired) electrons. The van der Waals surface area contributed by atoms with Crippen molar-refractivity contribution in [2.75, 3.05) is 6.61 Å². The van der Waals surface area contributed by atoms with Crippen molar-refractivity contribution in [2.24, 2.45) is 0 Å². The van der Waals surface area contributed by atoms with Gasteiger partial charge < -0.3 is 14.6 Å². The van der Waals surface area contributed by atoms with Gasteiger partial charge in [0.25, 0.3) is 0 Å². The number of halogens is 2. The van der Waals surface area contributed by atoms with Crippen LogP contribution < -0.4 is 9.47 Å². The fraction of sp³-hybridized carbons (Fsp3) is 0.200. The van der Waals surface area contributed by atoms with Crippen LogP contribution in [0.2, 0.25) is 0 Å². The summed E-state index contributed by atoms with van der Waals surface area (Å²) in [7, 11) is 0. The second-order valence-electron chi connectivity index (χ2n) is 4.52. The molecule has 1 aliphatic heterocycles. The third kappa shape index (κ3) is 2.32. The summed E-state index contributed by atoms with van der Waals surface area (Å²) in [5, 5.41) is 10.2. The van der Waals surface area contributed by atoms with E-state index >= 15 is 0 Å². The summed E-state index contributed by atoms with van der Waals surface area (Å²) in [6, 6.07) is 9.93. The lowest BCUT2D eigenvalue weighted by molar-refractivity contribution is -0.0129. The molecule has 1 heterocycles. The van der Waals surface area contributed by atoms with Crippen LogP contribution in [0.5, 0.6) is 11.5 Å². The minimum Gasteiger partial charge on any atom is -0.486 e. The van der Waals surface area contributed by atoms with Gasteiger partial charge in [-0.3, -0.25) is 0 Å². The summed E-state index contributed by atoms with van der Waals surface area (Å²) >= 11 is 0. The molecule has 20 heavy (non-hydrogen) atoms. The number of benzene rings is 2. The molecule has 2 atom stereocenters. The van der Waals surface area contributed by atoms with E-state index in [9.17, 15) is 13.9 Å². The van der Waals surface area contributed by atoms with Crippen LogP contribution in [-0.2, 0) is 0 Å². The van der Waals surface area contributed by atoms with E-state index < -0.39 is 23.8 Å². The number of hydrogen-bond donors (Lipinski definition) is 1. The zero-order chi connectivity index (χ0) is 14.1. The van der Waals surface area contributed by atoms with Crippen LogP contribution in [0.1, 0.15) is 11.7 Å². The summed E-state index contributed by atoms with van der Waals surface area (Å²) < 4.78 is 37.8. The molecule has 0 fully saturated rings. The Hall–Kier alpha value is -2.14. The lowest BCUT2D eigenvalue weighted by atomic mass is 10.0. The smallest absolute Gasteiger partial charge is 0.163 e. The predicted octanol–water partition coefficient (Wildman–Crippen LogP) is 2.84. The molecule has 3 rings (SSSR count). The molecule has 1 aliphatic rings. The largest absolute Gasteiger partial charge is 0.486 e. The quantitative estimate of drug-likeness (QED) is 0.918. The average Bonchev–Trinajstić information content (AvgIpc) is 2.48. The minimum atomic E-state index is -1.31. The zero-order valence-corrected chi connectivity index (χ0v) is 10.4. The van der Waals surface area contributed by atoms with E-state index in [1.54, 1.807) is 24.3 Å². The molecule has 0 aliphatic carbocycles. The molecule has 0 saturated heterocycles. The molecule has 0 amide bonds. The summed E-state index contributed by atoms with van der Waals surface area (Å²) in [4.78, 5) is 0. The Kier molecular flexibility index (Phi) is 3.28. The summed E-state index contributed by atoms with van der Waals surface area (Å²) in [5.74, 6) is -0.255. The fourth-order valence-corrected chi connectivity index (χ4v) is 2.13. The topological polar surface area (TPSA) is 38.7 Å². The highest BCUT2D eigenvalue weighted by Crippen LogP contribution is 2.34. The number of rotatable bonds is 2. The molecular formula is C15H12F2O3. The molecule has 0 bridgehead atoms. The number of ether oxygens (including phenoxy) is 2. The van der Waals surface area contributed by atoms with Gasteiger partial charge in [-0.25, -0.2) is 8.78 Å². The van der Waals surface area contributed by atoms with Crippen LogP contribution in [0, 0.1) is 11.6 Å². The van der Waals surface area contributed by atoms with Gasteiger partial charge in [-0.15, -0.1) is 0 Å². The molecule has 0 spiro atoms. The summed E-state index contributed by atoms with van der Waals surface area (Å²) in [5.41, 5.74) is -0.141. The van der Waals surface area contributed by atoms with Crippen molar-refractivity contribution >= 4 is 0 Å². The van der Waals surface area contributed by atoms with Gasteiger partial charge >= 0.3 is 0 Å². The van der Waals surface area contributed by atoms with Gasteiger partial charge in [-0.1, -0.05) is 12.1 Å². The maximum absolute atomic E-state index is 13.6. The van der Waals surface area contributed by atoms with Crippen molar-refractivity contribution < 1.29 is 23.4 Å². The third-order valence-corrected chi connectivity index (χ3v) is 3.16. The van der Waals surface area contributed by atoms with Crippen molar-refractivity contribution in [1.82, 2.24) is 0 Å². The van der Waals surface area contributed by atoms with Crippen LogP contribution in [0.25, 0.3) is 0 Å². The van der Waals surface area contributed by atoms with Gasteiger partial charge in [0.1, 0.15) is 24.3 Å². The fourth-order valence-electron chi connectivity index (χ4n) is 2.13. The first-order valence-electron chi connectivity index (χ1n) is 6.16. The van der Waals surface area contributed by atoms with Crippen molar-refractivity contribution in [1.29, 1.82) is 0 Å². The van der Waals surface area contributed by atoms with Crippen LogP contribution in [0.3, 0.4) is 0 Å². The van der Waals surface area contributed by atoms with Crippen LogP contribution in [0.4, 0.5) is 8.78 Å². The first-order chi connectivity index (χ1) is 9.65. The number of aliphatic hydroxyl groups is 1. The van der Waals surface area contributed by atoms with Crippen molar-refractivity contribution in [3.63, 3.8) is 0 Å². The van der Waals surface area contributed by atoms with E-state index in [2.05, 4.69) is 0 Å². The van der Waals surface area contributed by atoms with E-state index in [0.717, 1.165) is 18.2 Å². The van der Waals surface area contributed by atoms with Crippen LogP contribution in [-0.4, -0.2) is 17.8 Å². The Morgan fingerprint density at radius 3 is 2.65 bits per heavy atom. The van der Waals surface area contributed by atoms with E-state index in [-0.39, 0.29) is 12.2 Å². The molecule has 2 aromatic rings. The normalized spacial score (nSPS) is 18.6. The van der Waals surface area contributed by atoms with Gasteiger partial charge in [0.2, 0.25) is 0 Å². The van der Waals surface area contributed by atoms with E-state index in [1.165, 1.54) is 0 Å².